The van der Waals surface area contributed by atoms with Gasteiger partial charge in [-0.3, -0.25) is 0 Å². The summed E-state index contributed by atoms with van der Waals surface area (Å²) in [7, 11) is 0. The van der Waals surface area contributed by atoms with Gasteiger partial charge in [-0.05, 0) is 0 Å². The summed E-state index contributed by atoms with van der Waals surface area (Å²) in [4.78, 5) is 0. The van der Waals surface area contributed by atoms with Gasteiger partial charge in [0.25, 0.3) is 0 Å². The Kier molecular flexibility index (Phi) is 1760. The Balaban J connectivity index is 0. The maximum atomic E-state index is 0. The molecule has 5 heavy (non-hydrogen) atoms. The molecular weight excluding hydrogens is 164 g/mol. The Labute approximate surface area is 56.8 Å². The molecule has 2 nitrogen and oxygen atoms in total. The maximum absolute atomic E-state index is 0. The number of nitrogens with two attached hydrogens (primary N) is 2. The van der Waals surface area contributed by atoms with E-state index in [1.807, 2.05) is 0 Å². The second kappa shape index (κ2) is 69.0. The van der Waals surface area contributed by atoms with Crippen LogP contribution in [0.25, 0.3) is 12.3 Å². The first-order valence-corrected chi connectivity index (χ1v) is 0. The largest absolute Gasteiger partial charge is 2.00 e. The van der Waals surface area contributed by atoms with Crippen LogP contribution in [0.4, 0.5) is 0 Å². The fourth-order valence-corrected chi connectivity index (χ4v) is 0. The predicted molar refractivity (Wildman–Crippen MR) is 25.1 cm³/mol. The summed E-state index contributed by atoms with van der Waals surface area (Å²) in [6, 6.07) is 0. The average Bonchev–Trinajstić information content (AvgIpc) is 0. The third-order valence-electron chi connectivity index (χ3n) is 0. The molecule has 0 heterocycles. The number of halogens is 2. The van der Waals surface area contributed by atoms with Crippen LogP contribution in [0.3, 0.4) is 0 Å². The van der Waals surface area contributed by atoms with Gasteiger partial charge in [0.15, 0.2) is 0 Å². The molecule has 0 aromatic carbocycles. The standard InChI is InChI=1S/2ClH.2H2N.Zn/h2*1H;2*1H2;/q;;2*-1;+2. The zero-order valence-electron chi connectivity index (χ0n) is 2.68. The summed E-state index contributed by atoms with van der Waals surface area (Å²) >= 11 is 0. The fraction of sp³-hybridized carbons (Fsp3) is 0. The summed E-state index contributed by atoms with van der Waals surface area (Å²) in [5.41, 5.74) is 0. The monoisotopic (exact) mass is 168 g/mol. The van der Waals surface area contributed by atoms with Crippen LogP contribution in [0.5, 0.6) is 0 Å². The van der Waals surface area contributed by atoms with Crippen LogP contribution >= 0.6 is 24.8 Å². The molecule has 0 unspecified atom stereocenters. The minimum atomic E-state index is 0. The molecule has 4 N–H and O–H groups in total. The molecule has 0 atom stereocenters. The van der Waals surface area contributed by atoms with Crippen molar-refractivity contribution < 1.29 is 19.5 Å². The minimum absolute atomic E-state index is 0. The molecule has 0 aliphatic rings. The van der Waals surface area contributed by atoms with Crippen molar-refractivity contribution in [2.24, 2.45) is 0 Å². The van der Waals surface area contributed by atoms with Crippen molar-refractivity contribution >= 4 is 24.8 Å². The molecule has 0 aromatic rings. The number of hydrogen-bond acceptors (Lipinski definition) is 0. The summed E-state index contributed by atoms with van der Waals surface area (Å²) < 4.78 is 0. The third kappa shape index (κ3) is 39.6. The topological polar surface area (TPSA) is 67.0 Å². The van der Waals surface area contributed by atoms with Crippen LogP contribution in [0.1, 0.15) is 0 Å². The van der Waals surface area contributed by atoms with E-state index in [0.717, 1.165) is 0 Å². The maximum Gasteiger partial charge on any atom is 2.00 e. The molecule has 0 saturated heterocycles. The normalized spacial score (nSPS) is 0. The van der Waals surface area contributed by atoms with Crippen molar-refractivity contribution in [3.05, 3.63) is 12.3 Å². The summed E-state index contributed by atoms with van der Waals surface area (Å²) in [5, 5.41) is 0. The third-order valence-corrected chi connectivity index (χ3v) is 0. The van der Waals surface area contributed by atoms with Crippen molar-refractivity contribution in [1.82, 2.24) is 0 Å². The molecule has 0 aromatic heterocycles. The van der Waals surface area contributed by atoms with E-state index in [1.54, 1.807) is 0 Å². The molecule has 0 radical (unpaired) electrons. The van der Waals surface area contributed by atoms with E-state index >= 15 is 0 Å². The van der Waals surface area contributed by atoms with Gasteiger partial charge >= 0.3 is 19.5 Å². The first kappa shape index (κ1) is 127. The van der Waals surface area contributed by atoms with E-state index in [4.69, 9.17) is 0 Å². The molecule has 0 bridgehead atoms. The summed E-state index contributed by atoms with van der Waals surface area (Å²) in [6.07, 6.45) is 0. The van der Waals surface area contributed by atoms with E-state index in [2.05, 4.69) is 0 Å². The van der Waals surface area contributed by atoms with E-state index in [9.17, 15) is 0 Å². The van der Waals surface area contributed by atoms with E-state index in [0.29, 0.717) is 0 Å². The molecule has 0 aliphatic carbocycles. The van der Waals surface area contributed by atoms with Gasteiger partial charge in [0.2, 0.25) is 0 Å². The van der Waals surface area contributed by atoms with Gasteiger partial charge in [-0.2, -0.15) is 0 Å². The smallest absolute Gasteiger partial charge is 0.693 e. The van der Waals surface area contributed by atoms with Crippen LogP contribution in [-0.4, -0.2) is 0 Å². The molecule has 0 amide bonds. The molecule has 0 rings (SSSR count). The van der Waals surface area contributed by atoms with Gasteiger partial charge in [-0.1, -0.05) is 0 Å². The molecule has 32 valence electrons. The Bertz CT molecular complexity index is 7.61. The second-order valence-electron chi connectivity index (χ2n) is 0. The fourth-order valence-electron chi connectivity index (χ4n) is 0. The van der Waals surface area contributed by atoms with E-state index < -0.39 is 0 Å². The Morgan fingerprint density at radius 1 is 0.600 bits per heavy atom. The van der Waals surface area contributed by atoms with E-state index in [-0.39, 0.29) is 56.6 Å². The molecule has 0 aliphatic heterocycles. The van der Waals surface area contributed by atoms with Crippen molar-refractivity contribution in [2.75, 3.05) is 0 Å². The first-order chi connectivity index (χ1) is 0. The van der Waals surface area contributed by atoms with Gasteiger partial charge in [0.1, 0.15) is 0 Å². The second-order valence-corrected chi connectivity index (χ2v) is 0. The van der Waals surface area contributed by atoms with Crippen LogP contribution in [0, 0.1) is 0 Å². The zero-order valence-corrected chi connectivity index (χ0v) is 7.28. The van der Waals surface area contributed by atoms with Gasteiger partial charge < -0.3 is 12.3 Å². The Hall–Kier alpha value is 1.12. The first-order valence-electron chi connectivity index (χ1n) is 0. The number of rotatable bonds is 0. The van der Waals surface area contributed by atoms with Gasteiger partial charge in [0.05, 0.1) is 0 Å². The van der Waals surface area contributed by atoms with E-state index in [1.165, 1.54) is 0 Å². The van der Waals surface area contributed by atoms with Crippen LogP contribution in [-0.2, 0) is 19.5 Å². The van der Waals surface area contributed by atoms with Gasteiger partial charge in [-0.25, -0.2) is 0 Å². The molecule has 0 spiro atoms. The molecular formula is H6Cl2N2Zn. The molecule has 0 saturated carbocycles. The summed E-state index contributed by atoms with van der Waals surface area (Å²) in [6.45, 7) is 0. The van der Waals surface area contributed by atoms with Crippen LogP contribution in [0.2, 0.25) is 0 Å². The van der Waals surface area contributed by atoms with Crippen molar-refractivity contribution in [3.63, 3.8) is 0 Å². The molecule has 0 fully saturated rings. The van der Waals surface area contributed by atoms with Crippen LogP contribution in [0.15, 0.2) is 0 Å². The SMILES string of the molecule is Cl.Cl.[NH2-].[NH2-].[Zn+2]. The van der Waals surface area contributed by atoms with Crippen molar-refractivity contribution in [2.45, 2.75) is 0 Å². The van der Waals surface area contributed by atoms with Crippen LogP contribution < -0.4 is 0 Å². The van der Waals surface area contributed by atoms with Crippen molar-refractivity contribution in [3.8, 4) is 0 Å². The van der Waals surface area contributed by atoms with Crippen molar-refractivity contribution in [1.29, 1.82) is 0 Å². The Morgan fingerprint density at radius 3 is 0.600 bits per heavy atom. The minimum Gasteiger partial charge on any atom is -0.693 e. The molecule has 5 heteroatoms. The summed E-state index contributed by atoms with van der Waals surface area (Å²) in [5.74, 6) is 0. The Morgan fingerprint density at radius 2 is 0.600 bits per heavy atom. The number of hydrogen-bond donors (Lipinski definition) is 0. The predicted octanol–water partition coefficient (Wildman–Crippen LogP) is 2.28. The van der Waals surface area contributed by atoms with Gasteiger partial charge in [0, 0.05) is 0 Å². The average molecular weight is 170 g/mol. The quantitative estimate of drug-likeness (QED) is 0.501. The zero-order chi connectivity index (χ0) is 0. The van der Waals surface area contributed by atoms with Gasteiger partial charge in [-0.15, -0.1) is 24.8 Å².